The average molecular weight is 489 g/mol. The molecular formula is C26H24N4O4S. The van der Waals surface area contributed by atoms with Gasteiger partial charge in [-0.2, -0.15) is 0 Å². The van der Waals surface area contributed by atoms with Crippen LogP contribution in [-0.4, -0.2) is 39.0 Å². The number of carbonyl (C=O) groups is 2. The highest BCUT2D eigenvalue weighted by Gasteiger charge is 2.17. The van der Waals surface area contributed by atoms with Crippen LogP contribution in [0.5, 0.6) is 5.75 Å². The molecule has 1 amide bonds. The number of benzene rings is 3. The third kappa shape index (κ3) is 6.48. The molecule has 0 unspecified atom stereocenters. The molecule has 4 aromatic rings. The average Bonchev–Trinajstić information content (AvgIpc) is 3.31. The van der Waals surface area contributed by atoms with Crippen LogP contribution in [0.1, 0.15) is 23.1 Å². The fraction of sp³-hybridized carbons (Fsp3) is 0.154. The number of aromatic nitrogens is 3. The van der Waals surface area contributed by atoms with Crippen molar-refractivity contribution in [3.63, 3.8) is 0 Å². The van der Waals surface area contributed by atoms with E-state index >= 15 is 0 Å². The first-order valence-corrected chi connectivity index (χ1v) is 12.0. The second-order valence-electron chi connectivity index (χ2n) is 7.31. The van der Waals surface area contributed by atoms with Crippen molar-refractivity contribution in [3.8, 4) is 11.4 Å². The number of hydrogen-bond acceptors (Lipinski definition) is 7. The number of nitrogens with one attached hydrogen (secondary N) is 1. The molecule has 0 saturated heterocycles. The van der Waals surface area contributed by atoms with E-state index in [0.717, 1.165) is 11.4 Å². The highest BCUT2D eigenvalue weighted by Crippen LogP contribution is 2.23. The Morgan fingerprint density at radius 2 is 1.60 bits per heavy atom. The van der Waals surface area contributed by atoms with E-state index in [-0.39, 0.29) is 18.3 Å². The number of thioether (sulfide) groups is 1. The number of rotatable bonds is 10. The number of anilines is 1. The zero-order valence-corrected chi connectivity index (χ0v) is 19.9. The van der Waals surface area contributed by atoms with Gasteiger partial charge in [-0.1, -0.05) is 48.2 Å². The van der Waals surface area contributed by atoms with E-state index in [4.69, 9.17) is 9.47 Å². The van der Waals surface area contributed by atoms with Gasteiger partial charge < -0.3 is 14.8 Å². The van der Waals surface area contributed by atoms with Gasteiger partial charge in [0.2, 0.25) is 5.91 Å². The normalized spacial score (nSPS) is 10.5. The van der Waals surface area contributed by atoms with E-state index in [1.54, 1.807) is 31.2 Å². The molecule has 8 nitrogen and oxygen atoms in total. The number of nitrogens with zero attached hydrogens (tertiary/aromatic N) is 3. The summed E-state index contributed by atoms with van der Waals surface area (Å²) >= 11 is 1.27. The predicted molar refractivity (Wildman–Crippen MR) is 134 cm³/mol. The fourth-order valence-electron chi connectivity index (χ4n) is 3.22. The minimum atomic E-state index is -0.395. The van der Waals surface area contributed by atoms with Gasteiger partial charge >= 0.3 is 5.97 Å². The van der Waals surface area contributed by atoms with Gasteiger partial charge in [-0.15, -0.1) is 10.2 Å². The first kappa shape index (κ1) is 24.0. The Bertz CT molecular complexity index is 1260. The topological polar surface area (TPSA) is 95.3 Å². The van der Waals surface area contributed by atoms with E-state index in [0.29, 0.717) is 28.8 Å². The molecule has 9 heteroatoms. The Kier molecular flexibility index (Phi) is 8.13. The molecular weight excluding hydrogens is 464 g/mol. The summed E-state index contributed by atoms with van der Waals surface area (Å²) in [6, 6.07) is 25.7. The van der Waals surface area contributed by atoms with Gasteiger partial charge in [-0.05, 0) is 55.5 Å². The van der Waals surface area contributed by atoms with Gasteiger partial charge in [0.05, 0.1) is 17.9 Å². The number of para-hydroxylation sites is 2. The largest absolute Gasteiger partial charge is 0.486 e. The summed E-state index contributed by atoms with van der Waals surface area (Å²) in [6.45, 7) is 2.29. The smallest absolute Gasteiger partial charge is 0.338 e. The molecule has 0 fully saturated rings. The van der Waals surface area contributed by atoms with Gasteiger partial charge in [0.25, 0.3) is 0 Å². The van der Waals surface area contributed by atoms with E-state index in [1.807, 2.05) is 65.2 Å². The quantitative estimate of drug-likeness (QED) is 0.254. The van der Waals surface area contributed by atoms with E-state index < -0.39 is 5.97 Å². The summed E-state index contributed by atoms with van der Waals surface area (Å²) < 4.78 is 12.7. The van der Waals surface area contributed by atoms with Gasteiger partial charge in [0, 0.05) is 11.4 Å². The molecule has 0 atom stereocenters. The predicted octanol–water partition coefficient (Wildman–Crippen LogP) is 4.75. The molecule has 0 radical (unpaired) electrons. The fourth-order valence-corrected chi connectivity index (χ4v) is 3.99. The van der Waals surface area contributed by atoms with Crippen molar-refractivity contribution >= 4 is 29.3 Å². The van der Waals surface area contributed by atoms with Gasteiger partial charge in [0.15, 0.2) is 11.0 Å². The van der Waals surface area contributed by atoms with Crippen molar-refractivity contribution in [1.82, 2.24) is 14.8 Å². The van der Waals surface area contributed by atoms with Crippen LogP contribution in [0.4, 0.5) is 5.69 Å². The zero-order valence-electron chi connectivity index (χ0n) is 19.1. The zero-order chi connectivity index (χ0) is 24.5. The van der Waals surface area contributed by atoms with Crippen molar-refractivity contribution in [1.29, 1.82) is 0 Å². The third-order valence-electron chi connectivity index (χ3n) is 4.84. The van der Waals surface area contributed by atoms with Crippen LogP contribution in [0.2, 0.25) is 0 Å². The maximum Gasteiger partial charge on any atom is 0.338 e. The lowest BCUT2D eigenvalue weighted by Gasteiger charge is -2.11. The van der Waals surface area contributed by atoms with E-state index in [2.05, 4.69) is 15.5 Å². The monoisotopic (exact) mass is 488 g/mol. The number of ether oxygens (including phenoxy) is 2. The number of amides is 1. The lowest BCUT2D eigenvalue weighted by atomic mass is 10.2. The van der Waals surface area contributed by atoms with Gasteiger partial charge in [-0.25, -0.2) is 4.79 Å². The van der Waals surface area contributed by atoms with Crippen LogP contribution in [0.3, 0.4) is 0 Å². The Morgan fingerprint density at radius 3 is 2.29 bits per heavy atom. The summed E-state index contributed by atoms with van der Waals surface area (Å²) in [7, 11) is 0. The van der Waals surface area contributed by atoms with Crippen LogP contribution in [-0.2, 0) is 16.1 Å². The molecule has 4 rings (SSSR count). The van der Waals surface area contributed by atoms with Crippen LogP contribution in [0.25, 0.3) is 5.69 Å². The Balaban J connectivity index is 1.42. The van der Waals surface area contributed by atoms with Crippen molar-refractivity contribution < 1.29 is 19.1 Å². The molecule has 0 saturated carbocycles. The van der Waals surface area contributed by atoms with Crippen LogP contribution >= 0.6 is 11.8 Å². The highest BCUT2D eigenvalue weighted by molar-refractivity contribution is 7.99. The summed E-state index contributed by atoms with van der Waals surface area (Å²) in [6.07, 6.45) is 0. The summed E-state index contributed by atoms with van der Waals surface area (Å²) in [5, 5.41) is 12.0. The number of esters is 1. The lowest BCUT2D eigenvalue weighted by Crippen LogP contribution is -2.15. The van der Waals surface area contributed by atoms with Gasteiger partial charge in [0.1, 0.15) is 12.4 Å². The second kappa shape index (κ2) is 11.8. The molecule has 35 heavy (non-hydrogen) atoms. The minimum Gasteiger partial charge on any atom is -0.486 e. The Hall–Kier alpha value is -4.11. The van der Waals surface area contributed by atoms with Crippen LogP contribution in [0, 0.1) is 0 Å². The molecule has 1 heterocycles. The van der Waals surface area contributed by atoms with Crippen molar-refractivity contribution in [3.05, 3.63) is 96.3 Å². The van der Waals surface area contributed by atoms with Crippen molar-refractivity contribution in [2.24, 2.45) is 0 Å². The van der Waals surface area contributed by atoms with Gasteiger partial charge in [-0.3, -0.25) is 9.36 Å². The summed E-state index contributed by atoms with van der Waals surface area (Å²) in [5.74, 6) is 0.886. The van der Waals surface area contributed by atoms with E-state index in [1.165, 1.54) is 11.8 Å². The maximum absolute atomic E-state index is 12.6. The van der Waals surface area contributed by atoms with E-state index in [9.17, 15) is 9.59 Å². The van der Waals surface area contributed by atoms with Crippen molar-refractivity contribution in [2.45, 2.75) is 18.7 Å². The number of hydrogen-bond donors (Lipinski definition) is 1. The lowest BCUT2D eigenvalue weighted by molar-refractivity contribution is -0.113. The number of carbonyl (C=O) groups excluding carboxylic acids is 2. The van der Waals surface area contributed by atoms with Crippen LogP contribution in [0.15, 0.2) is 90.1 Å². The molecule has 0 spiro atoms. The Morgan fingerprint density at radius 1 is 0.914 bits per heavy atom. The first-order valence-electron chi connectivity index (χ1n) is 11.0. The molecule has 0 bridgehead atoms. The molecule has 3 aromatic carbocycles. The second-order valence-corrected chi connectivity index (χ2v) is 8.25. The van der Waals surface area contributed by atoms with Crippen molar-refractivity contribution in [2.75, 3.05) is 17.7 Å². The molecule has 0 aliphatic rings. The molecule has 178 valence electrons. The summed E-state index contributed by atoms with van der Waals surface area (Å²) in [5.41, 5.74) is 1.90. The maximum atomic E-state index is 12.6. The SMILES string of the molecule is CCOC(=O)c1ccc(NC(=O)CSc2nnc(COc3ccccc3)n2-c2ccccc2)cc1. The molecule has 0 aliphatic heterocycles. The summed E-state index contributed by atoms with van der Waals surface area (Å²) in [4.78, 5) is 24.3. The Labute approximate surface area is 207 Å². The molecule has 0 aliphatic carbocycles. The highest BCUT2D eigenvalue weighted by atomic mass is 32.2. The minimum absolute atomic E-state index is 0.129. The third-order valence-corrected chi connectivity index (χ3v) is 5.77. The molecule has 1 aromatic heterocycles. The first-order chi connectivity index (χ1) is 17.1. The standard InChI is InChI=1S/C26H24N4O4S/c1-2-33-25(32)19-13-15-20(16-14-19)27-24(31)18-35-26-29-28-23(17-34-22-11-7-4-8-12-22)30(26)21-9-5-3-6-10-21/h3-16H,2,17-18H2,1H3,(H,27,31). The molecule has 1 N–H and O–H groups in total. The van der Waals surface area contributed by atoms with Crippen LogP contribution < -0.4 is 10.1 Å².